The lowest BCUT2D eigenvalue weighted by Gasteiger charge is -2.25. The number of fused-ring (bicyclic) bond motifs is 1. The molecule has 1 unspecified atom stereocenters. The van der Waals surface area contributed by atoms with E-state index in [0.717, 1.165) is 10.0 Å². The van der Waals surface area contributed by atoms with Gasteiger partial charge in [-0.15, -0.1) is 0 Å². The van der Waals surface area contributed by atoms with E-state index in [1.165, 1.54) is 6.20 Å². The number of benzene rings is 2. The Morgan fingerprint density at radius 1 is 1.17 bits per heavy atom. The first-order valence-corrected chi connectivity index (χ1v) is 9.72. The van der Waals surface area contributed by atoms with Crippen molar-refractivity contribution in [3.8, 4) is 0 Å². The number of halogens is 2. The van der Waals surface area contributed by atoms with Gasteiger partial charge in [-0.1, -0.05) is 57.9 Å². The van der Waals surface area contributed by atoms with Gasteiger partial charge in [0.25, 0.3) is 5.91 Å². The van der Waals surface area contributed by atoms with E-state index in [9.17, 15) is 14.7 Å². The van der Waals surface area contributed by atoms with E-state index >= 15 is 0 Å². The lowest BCUT2D eigenvalue weighted by atomic mass is 10.0. The highest BCUT2D eigenvalue weighted by molar-refractivity contribution is 9.10. The summed E-state index contributed by atoms with van der Waals surface area (Å²) in [5.74, 6) is -1.30. The molecule has 0 aliphatic carbocycles. The maximum Gasteiger partial charge on any atom is 0.352 e. The Labute approximate surface area is 179 Å². The van der Waals surface area contributed by atoms with Crippen LogP contribution in [0.4, 0.5) is 11.5 Å². The van der Waals surface area contributed by atoms with Crippen molar-refractivity contribution < 1.29 is 14.7 Å². The number of hydrogen-bond donors (Lipinski definition) is 3. The minimum absolute atomic E-state index is 0.0365. The van der Waals surface area contributed by atoms with Gasteiger partial charge in [-0.3, -0.25) is 4.79 Å². The normalized spacial score (nSPS) is 15.1. The van der Waals surface area contributed by atoms with E-state index in [1.807, 2.05) is 24.3 Å². The third kappa shape index (κ3) is 3.64. The molecule has 9 heteroatoms. The molecule has 0 radical (unpaired) electrons. The molecule has 0 saturated heterocycles. The number of carboxylic acids is 1. The zero-order chi connectivity index (χ0) is 20.5. The number of carbonyl (C=O) groups is 2. The highest BCUT2D eigenvalue weighted by Gasteiger charge is 2.30. The SMILES string of the molecule is O=C(O)C1=CC(c2ccccc2Br)n2ncc(C(=O)Nc3ccccc3Cl)c2N1. The van der Waals surface area contributed by atoms with Gasteiger partial charge in [0.1, 0.15) is 23.1 Å². The fourth-order valence-corrected chi connectivity index (χ4v) is 3.78. The third-order valence-corrected chi connectivity index (χ3v) is 5.51. The van der Waals surface area contributed by atoms with Crippen molar-refractivity contribution >= 4 is 50.9 Å². The summed E-state index contributed by atoms with van der Waals surface area (Å²) in [6.45, 7) is 0. The molecule has 7 nitrogen and oxygen atoms in total. The molecule has 0 spiro atoms. The summed E-state index contributed by atoms with van der Waals surface area (Å²) >= 11 is 9.61. The van der Waals surface area contributed by atoms with E-state index in [2.05, 4.69) is 31.7 Å². The molecule has 1 atom stereocenters. The topological polar surface area (TPSA) is 96.2 Å². The number of aromatic nitrogens is 2. The molecule has 0 bridgehead atoms. The van der Waals surface area contributed by atoms with Crippen molar-refractivity contribution in [1.82, 2.24) is 9.78 Å². The van der Waals surface area contributed by atoms with Crippen LogP contribution in [0.2, 0.25) is 5.02 Å². The number of nitrogens with zero attached hydrogens (tertiary/aromatic N) is 2. The van der Waals surface area contributed by atoms with Crippen molar-refractivity contribution in [3.05, 3.63) is 87.1 Å². The molecule has 29 heavy (non-hydrogen) atoms. The Morgan fingerprint density at radius 3 is 2.62 bits per heavy atom. The van der Waals surface area contributed by atoms with Crippen LogP contribution in [0.25, 0.3) is 0 Å². The molecule has 146 valence electrons. The number of allylic oxidation sites excluding steroid dienone is 1. The zero-order valence-electron chi connectivity index (χ0n) is 14.8. The molecule has 3 N–H and O–H groups in total. The van der Waals surface area contributed by atoms with Gasteiger partial charge >= 0.3 is 5.97 Å². The smallest absolute Gasteiger partial charge is 0.352 e. The van der Waals surface area contributed by atoms with Crippen LogP contribution in [0.1, 0.15) is 22.0 Å². The predicted molar refractivity (Wildman–Crippen MR) is 113 cm³/mol. The first-order chi connectivity index (χ1) is 14.0. The fraction of sp³-hybridized carbons (Fsp3) is 0.0500. The van der Waals surface area contributed by atoms with Crippen LogP contribution in [-0.2, 0) is 4.79 Å². The lowest BCUT2D eigenvalue weighted by Crippen LogP contribution is -2.25. The monoisotopic (exact) mass is 472 g/mol. The van der Waals surface area contributed by atoms with E-state index in [4.69, 9.17) is 11.6 Å². The van der Waals surface area contributed by atoms with E-state index in [-0.39, 0.29) is 17.1 Å². The predicted octanol–water partition coefficient (Wildman–Crippen LogP) is 4.53. The van der Waals surface area contributed by atoms with E-state index in [0.29, 0.717) is 10.7 Å². The van der Waals surface area contributed by atoms with Crippen molar-refractivity contribution in [2.24, 2.45) is 0 Å². The molecule has 1 aliphatic heterocycles. The number of anilines is 2. The molecule has 3 aromatic rings. The van der Waals surface area contributed by atoms with Crippen LogP contribution in [0, 0.1) is 0 Å². The van der Waals surface area contributed by atoms with Gasteiger partial charge < -0.3 is 15.7 Å². The lowest BCUT2D eigenvalue weighted by molar-refractivity contribution is -0.132. The number of amides is 1. The van der Waals surface area contributed by atoms with Crippen LogP contribution in [0.5, 0.6) is 0 Å². The minimum Gasteiger partial charge on any atom is -0.477 e. The van der Waals surface area contributed by atoms with Crippen molar-refractivity contribution in [2.75, 3.05) is 10.6 Å². The molecule has 1 aliphatic rings. The number of carbonyl (C=O) groups excluding carboxylic acids is 1. The van der Waals surface area contributed by atoms with Gasteiger partial charge in [0.2, 0.25) is 0 Å². The summed E-state index contributed by atoms with van der Waals surface area (Å²) < 4.78 is 2.38. The van der Waals surface area contributed by atoms with Gasteiger partial charge in [0.05, 0.1) is 16.9 Å². The largest absolute Gasteiger partial charge is 0.477 e. The average molecular weight is 474 g/mol. The maximum absolute atomic E-state index is 12.8. The summed E-state index contributed by atoms with van der Waals surface area (Å²) in [7, 11) is 0. The van der Waals surface area contributed by atoms with Crippen LogP contribution < -0.4 is 10.6 Å². The van der Waals surface area contributed by atoms with E-state index in [1.54, 1.807) is 35.0 Å². The molecule has 4 rings (SSSR count). The van der Waals surface area contributed by atoms with E-state index < -0.39 is 17.9 Å². The zero-order valence-corrected chi connectivity index (χ0v) is 17.1. The van der Waals surface area contributed by atoms with Gasteiger partial charge in [0, 0.05) is 4.47 Å². The second-order valence-corrected chi connectivity index (χ2v) is 7.52. The molecule has 0 saturated carbocycles. The summed E-state index contributed by atoms with van der Waals surface area (Å²) in [4.78, 5) is 24.5. The van der Waals surface area contributed by atoms with Crippen LogP contribution in [0.3, 0.4) is 0 Å². The van der Waals surface area contributed by atoms with Gasteiger partial charge in [-0.2, -0.15) is 5.10 Å². The molecular formula is C20H14BrClN4O3. The maximum atomic E-state index is 12.8. The van der Waals surface area contributed by atoms with Crippen molar-refractivity contribution in [3.63, 3.8) is 0 Å². The molecule has 1 aromatic heterocycles. The fourth-order valence-electron chi connectivity index (χ4n) is 3.08. The third-order valence-electron chi connectivity index (χ3n) is 4.46. The second-order valence-electron chi connectivity index (χ2n) is 6.26. The standard InChI is InChI=1S/C20H14BrClN4O3/c21-13-6-2-1-5-11(13)17-9-16(20(28)29)24-18-12(10-23-26(17)18)19(27)25-15-8-4-3-7-14(15)22/h1-10,17,24H,(H,25,27)(H,28,29). The van der Waals surface area contributed by atoms with Crippen molar-refractivity contribution in [1.29, 1.82) is 0 Å². The molecule has 1 amide bonds. The summed E-state index contributed by atoms with van der Waals surface area (Å²) in [6.07, 6.45) is 2.95. The average Bonchev–Trinajstić information content (AvgIpc) is 3.13. The van der Waals surface area contributed by atoms with Crippen LogP contribution in [0.15, 0.2) is 71.0 Å². The highest BCUT2D eigenvalue weighted by atomic mass is 79.9. The van der Waals surface area contributed by atoms with Gasteiger partial charge in [-0.25, -0.2) is 9.48 Å². The Morgan fingerprint density at radius 2 is 1.90 bits per heavy atom. The highest BCUT2D eigenvalue weighted by Crippen LogP contribution is 2.35. The first-order valence-electron chi connectivity index (χ1n) is 8.55. The quantitative estimate of drug-likeness (QED) is 0.517. The Bertz CT molecular complexity index is 1160. The molecule has 0 fully saturated rings. The van der Waals surface area contributed by atoms with Crippen LogP contribution in [-0.4, -0.2) is 26.8 Å². The van der Waals surface area contributed by atoms with Gasteiger partial charge in [0.15, 0.2) is 0 Å². The Balaban J connectivity index is 1.75. The van der Waals surface area contributed by atoms with Crippen LogP contribution >= 0.6 is 27.5 Å². The Hall–Kier alpha value is -3.10. The summed E-state index contributed by atoms with van der Waals surface area (Å²) in [5.41, 5.74) is 1.43. The molecule has 2 aromatic carbocycles. The summed E-state index contributed by atoms with van der Waals surface area (Å²) in [5, 5.41) is 19.8. The van der Waals surface area contributed by atoms with Gasteiger partial charge in [-0.05, 0) is 29.8 Å². The number of rotatable bonds is 4. The number of hydrogen-bond acceptors (Lipinski definition) is 4. The number of para-hydroxylation sites is 1. The first kappa shape index (κ1) is 19.2. The van der Waals surface area contributed by atoms with Crippen molar-refractivity contribution in [2.45, 2.75) is 6.04 Å². The number of carboxylic acid groups (broad SMARTS) is 1. The second kappa shape index (κ2) is 7.73. The number of nitrogens with one attached hydrogen (secondary N) is 2. The molecular weight excluding hydrogens is 460 g/mol. The minimum atomic E-state index is -1.13. The Kier molecular flexibility index (Phi) is 5.12. The summed E-state index contributed by atoms with van der Waals surface area (Å²) in [6, 6.07) is 13.8. The number of aliphatic carboxylic acids is 1. The molecule has 2 heterocycles.